The molecule has 0 saturated carbocycles. The fourth-order valence-electron chi connectivity index (χ4n) is 3.08. The molecule has 4 rings (SSSR count). The molecule has 1 aliphatic rings. The van der Waals surface area contributed by atoms with E-state index in [0.29, 0.717) is 28.7 Å². The number of carbonyl (C=O) groups is 2. The fourth-order valence-corrected chi connectivity index (χ4v) is 4.05. The Morgan fingerprint density at radius 2 is 2.03 bits per heavy atom. The first-order valence-corrected chi connectivity index (χ1v) is 10.1. The summed E-state index contributed by atoms with van der Waals surface area (Å²) in [4.78, 5) is 24.5. The van der Waals surface area contributed by atoms with E-state index in [1.807, 2.05) is 48.7 Å². The van der Waals surface area contributed by atoms with Crippen molar-refractivity contribution < 1.29 is 14.3 Å². The highest BCUT2D eigenvalue weighted by atomic mass is 32.2. The smallest absolute Gasteiger partial charge is 0.262 e. The van der Waals surface area contributed by atoms with Crippen LogP contribution in [-0.4, -0.2) is 38.3 Å². The number of aryl methyl sites for hydroxylation is 1. The van der Waals surface area contributed by atoms with Crippen LogP contribution in [0.25, 0.3) is 0 Å². The second-order valence-electron chi connectivity index (χ2n) is 6.77. The van der Waals surface area contributed by atoms with Gasteiger partial charge in [0.15, 0.2) is 17.5 Å². The molecule has 1 N–H and O–H groups in total. The first-order chi connectivity index (χ1) is 14.0. The van der Waals surface area contributed by atoms with Gasteiger partial charge >= 0.3 is 0 Å². The van der Waals surface area contributed by atoms with Crippen LogP contribution in [0.2, 0.25) is 0 Å². The quantitative estimate of drug-likeness (QED) is 0.497. The lowest BCUT2D eigenvalue weighted by Crippen LogP contribution is -2.25. The predicted molar refractivity (Wildman–Crippen MR) is 111 cm³/mol. The van der Waals surface area contributed by atoms with Crippen molar-refractivity contribution in [1.29, 1.82) is 0 Å². The highest BCUT2D eigenvalue weighted by molar-refractivity contribution is 8.00. The van der Waals surface area contributed by atoms with Gasteiger partial charge in [0.25, 0.3) is 5.91 Å². The predicted octanol–water partition coefficient (Wildman–Crippen LogP) is 3.33. The highest BCUT2D eigenvalue weighted by Crippen LogP contribution is 2.31. The Morgan fingerprint density at radius 3 is 2.83 bits per heavy atom. The first kappa shape index (κ1) is 19.2. The van der Waals surface area contributed by atoms with Crippen molar-refractivity contribution in [2.45, 2.75) is 30.8 Å². The van der Waals surface area contributed by atoms with Gasteiger partial charge in [-0.2, -0.15) is 0 Å². The van der Waals surface area contributed by atoms with E-state index in [0.717, 1.165) is 11.4 Å². The maximum Gasteiger partial charge on any atom is 0.262 e. The van der Waals surface area contributed by atoms with Crippen molar-refractivity contribution in [2.24, 2.45) is 0 Å². The average Bonchev–Trinajstić information content (AvgIpc) is 3.07. The lowest BCUT2D eigenvalue weighted by Gasteiger charge is -2.19. The van der Waals surface area contributed by atoms with Crippen molar-refractivity contribution in [3.63, 3.8) is 0 Å². The van der Waals surface area contributed by atoms with Crippen LogP contribution >= 0.6 is 11.8 Å². The zero-order valence-electron chi connectivity index (χ0n) is 16.1. The third-order valence-corrected chi connectivity index (χ3v) is 5.71. The minimum atomic E-state index is -0.369. The zero-order valence-corrected chi connectivity index (χ0v) is 16.9. The molecule has 0 unspecified atom stereocenters. The van der Waals surface area contributed by atoms with E-state index in [4.69, 9.17) is 4.74 Å². The maximum absolute atomic E-state index is 13.0. The summed E-state index contributed by atoms with van der Waals surface area (Å²) in [7, 11) is 0. The highest BCUT2D eigenvalue weighted by Gasteiger charge is 2.23. The van der Waals surface area contributed by atoms with Crippen LogP contribution in [0, 0.1) is 6.92 Å². The second-order valence-corrected chi connectivity index (χ2v) is 8.08. The average molecular weight is 408 g/mol. The monoisotopic (exact) mass is 408 g/mol. The summed E-state index contributed by atoms with van der Waals surface area (Å²) in [6.45, 7) is 4.38. The van der Waals surface area contributed by atoms with Gasteiger partial charge in [0.2, 0.25) is 0 Å². The number of rotatable bonds is 6. The summed E-state index contributed by atoms with van der Waals surface area (Å²) >= 11 is 1.37. The number of hydrogen-bond donors (Lipinski definition) is 1. The number of ether oxygens (including phenoxy) is 1. The molecule has 2 aromatic carbocycles. The summed E-state index contributed by atoms with van der Waals surface area (Å²) in [5.41, 5.74) is 2.18. The first-order valence-electron chi connectivity index (χ1n) is 9.22. The summed E-state index contributed by atoms with van der Waals surface area (Å²) in [6.07, 6.45) is 0. The molecule has 0 aliphatic carbocycles. The Hall–Kier alpha value is -3.13. The van der Waals surface area contributed by atoms with E-state index in [9.17, 15) is 9.59 Å². The van der Waals surface area contributed by atoms with E-state index in [1.54, 1.807) is 18.2 Å². The number of aromatic nitrogens is 3. The number of carbonyl (C=O) groups excluding carboxylic acids is 2. The largest absolute Gasteiger partial charge is 0.482 e. The van der Waals surface area contributed by atoms with Crippen molar-refractivity contribution in [3.8, 4) is 5.75 Å². The Morgan fingerprint density at radius 1 is 1.24 bits per heavy atom. The lowest BCUT2D eigenvalue weighted by molar-refractivity contribution is -0.118. The summed E-state index contributed by atoms with van der Waals surface area (Å²) in [5.74, 6) is 1.09. The number of thioether (sulfide) groups is 1. The van der Waals surface area contributed by atoms with Crippen LogP contribution in [-0.2, 0) is 11.3 Å². The van der Waals surface area contributed by atoms with E-state index >= 15 is 0 Å². The molecule has 0 bridgehead atoms. The minimum absolute atomic E-state index is 0.0109. The van der Waals surface area contributed by atoms with E-state index in [2.05, 4.69) is 15.5 Å². The van der Waals surface area contributed by atoms with Crippen LogP contribution in [0.1, 0.15) is 28.7 Å². The van der Waals surface area contributed by atoms with Gasteiger partial charge in [-0.25, -0.2) is 0 Å². The Labute approximate surface area is 172 Å². The van der Waals surface area contributed by atoms with E-state index in [1.165, 1.54) is 11.8 Å². The molecular formula is C21H20N4O3S. The number of hydrogen-bond acceptors (Lipinski definition) is 6. The van der Waals surface area contributed by atoms with E-state index < -0.39 is 0 Å². The summed E-state index contributed by atoms with van der Waals surface area (Å²) < 4.78 is 7.36. The Balaban J connectivity index is 1.51. The summed E-state index contributed by atoms with van der Waals surface area (Å²) in [6, 6.07) is 15.1. The van der Waals surface area contributed by atoms with E-state index in [-0.39, 0.29) is 23.5 Å². The molecule has 3 aromatic rings. The molecular weight excluding hydrogens is 388 g/mol. The topological polar surface area (TPSA) is 86.1 Å². The SMILES string of the molecule is Cc1nnc(S[C@H](C)C(=O)c2ccc3c(c2)NC(=O)CO3)n1Cc1ccccc1. The number of fused-ring (bicyclic) bond motifs is 1. The maximum atomic E-state index is 13.0. The van der Waals surface area contributed by atoms with Crippen molar-refractivity contribution >= 4 is 29.1 Å². The van der Waals surface area contributed by atoms with Crippen molar-refractivity contribution in [1.82, 2.24) is 14.8 Å². The number of anilines is 1. The molecule has 1 atom stereocenters. The van der Waals surface area contributed by atoms with Crippen LogP contribution in [0.4, 0.5) is 5.69 Å². The van der Waals surface area contributed by atoms with Gasteiger partial charge in [-0.05, 0) is 37.6 Å². The molecule has 148 valence electrons. The molecule has 1 aromatic heterocycles. The number of nitrogens with zero attached hydrogens (tertiary/aromatic N) is 3. The van der Waals surface area contributed by atoms with Gasteiger partial charge in [-0.1, -0.05) is 42.1 Å². The van der Waals surface area contributed by atoms with Gasteiger partial charge in [0, 0.05) is 5.56 Å². The van der Waals surface area contributed by atoms with Crippen LogP contribution < -0.4 is 10.1 Å². The molecule has 0 radical (unpaired) electrons. The molecule has 0 spiro atoms. The van der Waals surface area contributed by atoms with Crippen molar-refractivity contribution in [2.75, 3.05) is 11.9 Å². The normalized spacial score (nSPS) is 13.9. The molecule has 8 heteroatoms. The van der Waals surface area contributed by atoms with Gasteiger partial charge < -0.3 is 14.6 Å². The molecule has 2 heterocycles. The number of benzene rings is 2. The van der Waals surface area contributed by atoms with Gasteiger partial charge in [0.05, 0.1) is 17.5 Å². The molecule has 1 aliphatic heterocycles. The molecule has 0 fully saturated rings. The molecule has 1 amide bonds. The lowest BCUT2D eigenvalue weighted by atomic mass is 10.1. The molecule has 7 nitrogen and oxygen atoms in total. The molecule has 0 saturated heterocycles. The zero-order chi connectivity index (χ0) is 20.4. The standard InChI is InChI=1S/C21H20N4O3S/c1-13(20(27)16-8-9-18-17(10-16)22-19(26)12-28-18)29-21-24-23-14(2)25(21)11-15-6-4-3-5-7-15/h3-10,13H,11-12H2,1-2H3,(H,22,26)/t13-/m1/s1. The number of Topliss-reactive ketones (excluding diaryl/α,β-unsaturated/α-hetero) is 1. The van der Waals surface area contributed by atoms with Crippen LogP contribution in [0.5, 0.6) is 5.75 Å². The summed E-state index contributed by atoms with van der Waals surface area (Å²) in [5, 5.41) is 11.5. The third-order valence-electron chi connectivity index (χ3n) is 4.63. The Kier molecular flexibility index (Phi) is 5.35. The second kappa shape index (κ2) is 8.08. The fraction of sp³-hybridized carbons (Fsp3) is 0.238. The van der Waals surface area contributed by atoms with Gasteiger partial charge in [-0.3, -0.25) is 9.59 Å². The van der Waals surface area contributed by atoms with Crippen LogP contribution in [0.15, 0.2) is 53.7 Å². The number of amides is 1. The van der Waals surface area contributed by atoms with Gasteiger partial charge in [0.1, 0.15) is 11.6 Å². The minimum Gasteiger partial charge on any atom is -0.482 e. The van der Waals surface area contributed by atoms with Gasteiger partial charge in [-0.15, -0.1) is 10.2 Å². The molecule has 29 heavy (non-hydrogen) atoms. The Bertz CT molecular complexity index is 1070. The third kappa shape index (κ3) is 4.17. The van der Waals surface area contributed by atoms with Crippen molar-refractivity contribution in [3.05, 3.63) is 65.5 Å². The number of nitrogens with one attached hydrogen (secondary N) is 1. The number of ketones is 1. The van der Waals surface area contributed by atoms with Crippen LogP contribution in [0.3, 0.4) is 0 Å².